The van der Waals surface area contributed by atoms with E-state index in [4.69, 9.17) is 5.26 Å². The summed E-state index contributed by atoms with van der Waals surface area (Å²) in [5.74, 6) is 0. The molecule has 0 atom stereocenters. The van der Waals surface area contributed by atoms with Gasteiger partial charge < -0.3 is 5.32 Å². The third-order valence-corrected chi connectivity index (χ3v) is 4.32. The van der Waals surface area contributed by atoms with Crippen LogP contribution in [-0.4, -0.2) is 56.8 Å². The quantitative estimate of drug-likeness (QED) is 0.673. The van der Waals surface area contributed by atoms with Crippen LogP contribution < -0.4 is 5.32 Å². The Morgan fingerprint density at radius 2 is 2.07 bits per heavy atom. The summed E-state index contributed by atoms with van der Waals surface area (Å²) < 4.78 is 26.5. The summed E-state index contributed by atoms with van der Waals surface area (Å²) in [5.41, 5.74) is 0. The van der Waals surface area contributed by atoms with Gasteiger partial charge >= 0.3 is 0 Å². The number of hydrogen-bond acceptors (Lipinski definition) is 4. The second kappa shape index (κ2) is 5.42. The molecule has 6 nitrogen and oxygen atoms in total. The summed E-state index contributed by atoms with van der Waals surface area (Å²) in [7, 11) is -1.85. The number of nitrogens with one attached hydrogen (secondary N) is 1. The maximum Gasteiger partial charge on any atom is 0.281 e. The molecule has 0 aliphatic carbocycles. The first-order valence-corrected chi connectivity index (χ1v) is 6.28. The lowest BCUT2D eigenvalue weighted by Crippen LogP contribution is -2.50. The molecule has 7 heteroatoms. The van der Waals surface area contributed by atoms with Crippen molar-refractivity contribution in [3.05, 3.63) is 0 Å². The predicted molar refractivity (Wildman–Crippen MR) is 56.2 cm³/mol. The first kappa shape index (κ1) is 12.4. The SMILES string of the molecule is CN(CCC#N)S(=O)(=O)N1CCNCC1. The van der Waals surface area contributed by atoms with Gasteiger partial charge in [-0.15, -0.1) is 0 Å². The summed E-state index contributed by atoms with van der Waals surface area (Å²) in [6.45, 7) is 2.62. The first-order chi connectivity index (χ1) is 7.09. The van der Waals surface area contributed by atoms with E-state index >= 15 is 0 Å². The van der Waals surface area contributed by atoms with E-state index in [2.05, 4.69) is 5.32 Å². The normalized spacial score (nSPS) is 19.0. The molecular weight excluding hydrogens is 216 g/mol. The maximum atomic E-state index is 11.9. The number of rotatable bonds is 4. The lowest BCUT2D eigenvalue weighted by atomic mass is 10.4. The van der Waals surface area contributed by atoms with E-state index < -0.39 is 10.2 Å². The molecule has 0 saturated carbocycles. The minimum absolute atomic E-state index is 0.224. The Morgan fingerprint density at radius 3 is 2.60 bits per heavy atom. The molecule has 0 aromatic rings. The second-order valence-electron chi connectivity index (χ2n) is 3.39. The van der Waals surface area contributed by atoms with Crippen LogP contribution in [0.3, 0.4) is 0 Å². The van der Waals surface area contributed by atoms with Crippen molar-refractivity contribution in [3.63, 3.8) is 0 Å². The van der Waals surface area contributed by atoms with E-state index in [1.165, 1.54) is 15.7 Å². The van der Waals surface area contributed by atoms with Crippen LogP contribution in [0.5, 0.6) is 0 Å². The Balaban J connectivity index is 2.60. The fraction of sp³-hybridized carbons (Fsp3) is 0.875. The number of nitrogens with zero attached hydrogens (tertiary/aromatic N) is 3. The van der Waals surface area contributed by atoms with Gasteiger partial charge in [-0.05, 0) is 0 Å². The minimum atomic E-state index is -3.36. The van der Waals surface area contributed by atoms with Crippen LogP contribution in [0.2, 0.25) is 0 Å². The lowest BCUT2D eigenvalue weighted by Gasteiger charge is -2.30. The van der Waals surface area contributed by atoms with Crippen LogP contribution in [0.15, 0.2) is 0 Å². The van der Waals surface area contributed by atoms with Crippen molar-refractivity contribution in [2.75, 3.05) is 39.8 Å². The highest BCUT2D eigenvalue weighted by molar-refractivity contribution is 7.86. The summed E-state index contributed by atoms with van der Waals surface area (Å²) in [6, 6.07) is 1.94. The van der Waals surface area contributed by atoms with Crippen LogP contribution in [0.1, 0.15) is 6.42 Å². The molecule has 1 fully saturated rings. The standard InChI is InChI=1S/C8H16N4O2S/c1-11(6-2-3-9)15(13,14)12-7-4-10-5-8-12/h10H,2,4-8H2,1H3. The summed E-state index contributed by atoms with van der Waals surface area (Å²) in [5, 5.41) is 11.5. The molecule has 1 rings (SSSR count). The third kappa shape index (κ3) is 3.14. The van der Waals surface area contributed by atoms with Crippen molar-refractivity contribution in [3.8, 4) is 6.07 Å². The van der Waals surface area contributed by atoms with Crippen molar-refractivity contribution < 1.29 is 8.42 Å². The Morgan fingerprint density at radius 1 is 1.47 bits per heavy atom. The van der Waals surface area contributed by atoms with Crippen LogP contribution in [0.25, 0.3) is 0 Å². The van der Waals surface area contributed by atoms with E-state index in [-0.39, 0.29) is 13.0 Å². The second-order valence-corrected chi connectivity index (χ2v) is 5.42. The molecule has 0 amide bonds. The fourth-order valence-electron chi connectivity index (χ4n) is 1.39. The van der Waals surface area contributed by atoms with E-state index in [1.54, 1.807) is 0 Å². The zero-order valence-corrected chi connectivity index (χ0v) is 9.63. The first-order valence-electron chi connectivity index (χ1n) is 4.88. The van der Waals surface area contributed by atoms with Crippen LogP contribution >= 0.6 is 0 Å². The predicted octanol–water partition coefficient (Wildman–Crippen LogP) is -1.02. The Kier molecular flexibility index (Phi) is 4.47. The van der Waals surface area contributed by atoms with E-state index in [0.717, 1.165) is 0 Å². The molecule has 0 aromatic carbocycles. The van der Waals surface area contributed by atoms with Crippen molar-refractivity contribution in [1.82, 2.24) is 13.9 Å². The summed E-state index contributed by atoms with van der Waals surface area (Å²) in [4.78, 5) is 0. The van der Waals surface area contributed by atoms with Crippen molar-refractivity contribution in [1.29, 1.82) is 5.26 Å². The maximum absolute atomic E-state index is 11.9. The topological polar surface area (TPSA) is 76.4 Å². The highest BCUT2D eigenvalue weighted by Gasteiger charge is 2.27. The molecule has 1 N–H and O–H groups in total. The van der Waals surface area contributed by atoms with Crippen LogP contribution in [-0.2, 0) is 10.2 Å². The van der Waals surface area contributed by atoms with E-state index in [0.29, 0.717) is 26.2 Å². The molecule has 0 spiro atoms. The number of hydrogen-bond donors (Lipinski definition) is 1. The molecule has 0 radical (unpaired) electrons. The van der Waals surface area contributed by atoms with Crippen molar-refractivity contribution in [2.45, 2.75) is 6.42 Å². The molecule has 1 saturated heterocycles. The van der Waals surface area contributed by atoms with Gasteiger partial charge in [0.2, 0.25) is 0 Å². The number of nitriles is 1. The average Bonchev–Trinajstić information content (AvgIpc) is 2.27. The monoisotopic (exact) mass is 232 g/mol. The van der Waals surface area contributed by atoms with Gasteiger partial charge in [-0.1, -0.05) is 0 Å². The Hall–Kier alpha value is -0.680. The highest BCUT2D eigenvalue weighted by atomic mass is 32.2. The zero-order valence-electron chi connectivity index (χ0n) is 8.81. The van der Waals surface area contributed by atoms with Gasteiger partial charge in [0.25, 0.3) is 10.2 Å². The molecule has 0 aromatic heterocycles. The largest absolute Gasteiger partial charge is 0.314 e. The molecule has 0 unspecified atom stereocenters. The van der Waals surface area contributed by atoms with Crippen LogP contribution in [0, 0.1) is 11.3 Å². The fourth-order valence-corrected chi connectivity index (χ4v) is 2.76. The third-order valence-electron chi connectivity index (χ3n) is 2.33. The molecule has 1 heterocycles. The van der Waals surface area contributed by atoms with Crippen molar-refractivity contribution in [2.24, 2.45) is 0 Å². The Bertz CT molecular complexity index is 329. The number of piperazine rings is 1. The van der Waals surface area contributed by atoms with Gasteiger partial charge in [0.15, 0.2) is 0 Å². The molecule has 1 aliphatic heterocycles. The van der Waals surface area contributed by atoms with E-state index in [9.17, 15) is 8.42 Å². The van der Waals surface area contributed by atoms with Gasteiger partial charge in [-0.2, -0.15) is 22.3 Å². The van der Waals surface area contributed by atoms with E-state index in [1.807, 2.05) is 6.07 Å². The van der Waals surface area contributed by atoms with Gasteiger partial charge in [0, 0.05) is 46.2 Å². The molecule has 0 bridgehead atoms. The molecule has 86 valence electrons. The summed E-state index contributed by atoms with van der Waals surface area (Å²) >= 11 is 0. The van der Waals surface area contributed by atoms with Gasteiger partial charge in [-0.25, -0.2) is 0 Å². The average molecular weight is 232 g/mol. The van der Waals surface area contributed by atoms with Crippen LogP contribution in [0.4, 0.5) is 0 Å². The molecular formula is C8H16N4O2S. The van der Waals surface area contributed by atoms with Gasteiger partial charge in [-0.3, -0.25) is 0 Å². The Labute approximate surface area is 90.6 Å². The van der Waals surface area contributed by atoms with Gasteiger partial charge in [0.05, 0.1) is 6.07 Å². The van der Waals surface area contributed by atoms with Gasteiger partial charge in [0.1, 0.15) is 0 Å². The highest BCUT2D eigenvalue weighted by Crippen LogP contribution is 2.07. The smallest absolute Gasteiger partial charge is 0.281 e. The lowest BCUT2D eigenvalue weighted by molar-refractivity contribution is 0.327. The zero-order chi connectivity index (χ0) is 11.3. The molecule has 15 heavy (non-hydrogen) atoms. The van der Waals surface area contributed by atoms with Crippen molar-refractivity contribution >= 4 is 10.2 Å². The minimum Gasteiger partial charge on any atom is -0.314 e. The summed E-state index contributed by atoms with van der Waals surface area (Å²) in [6.07, 6.45) is 0.224. The molecule has 1 aliphatic rings.